The summed E-state index contributed by atoms with van der Waals surface area (Å²) in [5, 5.41) is 6.53. The monoisotopic (exact) mass is 184 g/mol. The van der Waals surface area contributed by atoms with Gasteiger partial charge in [-0.05, 0) is 13.0 Å². The molecular formula is C9H16N2S. The van der Waals surface area contributed by atoms with Crippen molar-refractivity contribution in [2.24, 2.45) is 5.92 Å². The van der Waals surface area contributed by atoms with Gasteiger partial charge < -0.3 is 5.32 Å². The highest BCUT2D eigenvalue weighted by Crippen LogP contribution is 2.24. The van der Waals surface area contributed by atoms with E-state index in [1.807, 2.05) is 18.6 Å². The second-order valence-corrected chi connectivity index (χ2v) is 3.95. The summed E-state index contributed by atoms with van der Waals surface area (Å²) in [5.74, 6) is 0.654. The van der Waals surface area contributed by atoms with Crippen LogP contribution >= 0.6 is 11.3 Å². The van der Waals surface area contributed by atoms with E-state index < -0.39 is 0 Å². The van der Waals surface area contributed by atoms with Gasteiger partial charge in [-0.1, -0.05) is 20.3 Å². The maximum atomic E-state index is 4.31. The first-order valence-electron chi connectivity index (χ1n) is 4.36. The maximum Gasteiger partial charge on any atom is 0.110 e. The molecule has 0 saturated carbocycles. The zero-order valence-electron chi connectivity index (χ0n) is 7.87. The molecule has 0 amide bonds. The van der Waals surface area contributed by atoms with E-state index in [2.05, 4.69) is 24.1 Å². The lowest BCUT2D eigenvalue weighted by atomic mass is 10.0. The van der Waals surface area contributed by atoms with Crippen LogP contribution in [0.1, 0.15) is 31.3 Å². The van der Waals surface area contributed by atoms with E-state index in [1.165, 1.54) is 11.4 Å². The SMILES string of the molecule is CCC(C)C(NC)c1nccs1. The Labute approximate surface area is 78.0 Å². The molecule has 0 spiro atoms. The molecule has 0 bridgehead atoms. The van der Waals surface area contributed by atoms with Crippen LogP contribution in [0.5, 0.6) is 0 Å². The molecule has 0 aliphatic rings. The lowest BCUT2D eigenvalue weighted by molar-refractivity contribution is 0.399. The molecule has 1 aromatic heterocycles. The molecule has 0 saturated heterocycles. The Kier molecular flexibility index (Phi) is 3.69. The fourth-order valence-corrected chi connectivity index (χ4v) is 2.15. The van der Waals surface area contributed by atoms with Gasteiger partial charge in [0.05, 0.1) is 6.04 Å². The standard InChI is InChI=1S/C9H16N2S/c1-4-7(2)8(10-3)9-11-5-6-12-9/h5-8,10H,4H2,1-3H3. The van der Waals surface area contributed by atoms with Gasteiger partial charge >= 0.3 is 0 Å². The normalized spacial score (nSPS) is 15.9. The van der Waals surface area contributed by atoms with Crippen molar-refractivity contribution in [2.45, 2.75) is 26.3 Å². The quantitative estimate of drug-likeness (QED) is 0.777. The fourth-order valence-electron chi connectivity index (χ4n) is 1.28. The summed E-state index contributed by atoms with van der Waals surface area (Å²) < 4.78 is 0. The topological polar surface area (TPSA) is 24.9 Å². The fraction of sp³-hybridized carbons (Fsp3) is 0.667. The number of hydrogen-bond donors (Lipinski definition) is 1. The number of nitrogens with one attached hydrogen (secondary N) is 1. The molecule has 12 heavy (non-hydrogen) atoms. The van der Waals surface area contributed by atoms with Crippen molar-refractivity contribution in [3.63, 3.8) is 0 Å². The number of rotatable bonds is 4. The molecule has 1 aromatic rings. The van der Waals surface area contributed by atoms with Crippen LogP contribution in [-0.2, 0) is 0 Å². The summed E-state index contributed by atoms with van der Waals surface area (Å²) in [6.07, 6.45) is 3.05. The molecule has 2 atom stereocenters. The second-order valence-electron chi connectivity index (χ2n) is 3.02. The zero-order valence-corrected chi connectivity index (χ0v) is 8.69. The van der Waals surface area contributed by atoms with Crippen molar-refractivity contribution in [1.29, 1.82) is 0 Å². The third-order valence-corrected chi connectivity index (χ3v) is 3.10. The highest BCUT2D eigenvalue weighted by molar-refractivity contribution is 7.09. The Hall–Kier alpha value is -0.410. The van der Waals surface area contributed by atoms with Crippen LogP contribution in [0.15, 0.2) is 11.6 Å². The molecular weight excluding hydrogens is 168 g/mol. The predicted octanol–water partition coefficient (Wildman–Crippen LogP) is 2.45. The Morgan fingerprint density at radius 3 is 2.83 bits per heavy atom. The number of nitrogens with zero attached hydrogens (tertiary/aromatic N) is 1. The van der Waals surface area contributed by atoms with Gasteiger partial charge in [0.2, 0.25) is 0 Å². The molecule has 0 aliphatic carbocycles. The number of thiazole rings is 1. The average molecular weight is 184 g/mol. The minimum atomic E-state index is 0.426. The molecule has 1 N–H and O–H groups in total. The van der Waals surface area contributed by atoms with Crippen LogP contribution in [0.3, 0.4) is 0 Å². The zero-order chi connectivity index (χ0) is 8.97. The Morgan fingerprint density at radius 1 is 1.67 bits per heavy atom. The van der Waals surface area contributed by atoms with E-state index in [0.29, 0.717) is 12.0 Å². The van der Waals surface area contributed by atoms with Crippen LogP contribution in [0.4, 0.5) is 0 Å². The summed E-state index contributed by atoms with van der Waals surface area (Å²) in [6, 6.07) is 0.426. The summed E-state index contributed by atoms with van der Waals surface area (Å²) in [5.41, 5.74) is 0. The third kappa shape index (κ3) is 2.05. The van der Waals surface area contributed by atoms with Crippen molar-refractivity contribution in [2.75, 3.05) is 7.05 Å². The van der Waals surface area contributed by atoms with Crippen molar-refractivity contribution in [1.82, 2.24) is 10.3 Å². The summed E-state index contributed by atoms with van der Waals surface area (Å²) in [4.78, 5) is 4.31. The highest BCUT2D eigenvalue weighted by Gasteiger charge is 2.17. The molecule has 1 heterocycles. The smallest absolute Gasteiger partial charge is 0.110 e. The van der Waals surface area contributed by atoms with E-state index in [9.17, 15) is 0 Å². The Bertz CT molecular complexity index is 208. The van der Waals surface area contributed by atoms with Gasteiger partial charge in [0, 0.05) is 11.6 Å². The molecule has 0 fully saturated rings. The highest BCUT2D eigenvalue weighted by atomic mass is 32.1. The van der Waals surface area contributed by atoms with Crippen LogP contribution in [0.25, 0.3) is 0 Å². The lowest BCUT2D eigenvalue weighted by Gasteiger charge is -2.19. The Morgan fingerprint density at radius 2 is 2.42 bits per heavy atom. The van der Waals surface area contributed by atoms with Crippen molar-refractivity contribution in [3.8, 4) is 0 Å². The van der Waals surface area contributed by atoms with Gasteiger partial charge in [0.15, 0.2) is 0 Å². The van der Waals surface area contributed by atoms with Crippen LogP contribution < -0.4 is 5.32 Å². The maximum absolute atomic E-state index is 4.31. The Balaban J connectivity index is 2.69. The summed E-state index contributed by atoms with van der Waals surface area (Å²) in [7, 11) is 2.00. The van der Waals surface area contributed by atoms with Crippen LogP contribution in [0, 0.1) is 5.92 Å². The molecule has 2 unspecified atom stereocenters. The third-order valence-electron chi connectivity index (χ3n) is 2.24. The van der Waals surface area contributed by atoms with Gasteiger partial charge in [-0.25, -0.2) is 4.98 Å². The van der Waals surface area contributed by atoms with Gasteiger partial charge in [-0.3, -0.25) is 0 Å². The van der Waals surface area contributed by atoms with Crippen molar-refractivity contribution >= 4 is 11.3 Å². The molecule has 68 valence electrons. The van der Waals surface area contributed by atoms with Gasteiger partial charge in [-0.2, -0.15) is 0 Å². The van der Waals surface area contributed by atoms with E-state index in [-0.39, 0.29) is 0 Å². The van der Waals surface area contributed by atoms with E-state index in [1.54, 1.807) is 11.3 Å². The molecule has 0 aromatic carbocycles. The second kappa shape index (κ2) is 4.58. The van der Waals surface area contributed by atoms with E-state index in [4.69, 9.17) is 0 Å². The van der Waals surface area contributed by atoms with Gasteiger partial charge in [0.1, 0.15) is 5.01 Å². The first kappa shape index (κ1) is 9.68. The summed E-state index contributed by atoms with van der Waals surface area (Å²) in [6.45, 7) is 4.46. The largest absolute Gasteiger partial charge is 0.311 e. The molecule has 3 heteroatoms. The first-order chi connectivity index (χ1) is 5.79. The molecule has 1 rings (SSSR count). The van der Waals surface area contributed by atoms with Gasteiger partial charge in [0.25, 0.3) is 0 Å². The minimum Gasteiger partial charge on any atom is -0.311 e. The number of aromatic nitrogens is 1. The average Bonchev–Trinajstić information content (AvgIpc) is 2.58. The van der Waals surface area contributed by atoms with E-state index >= 15 is 0 Å². The van der Waals surface area contributed by atoms with Crippen molar-refractivity contribution < 1.29 is 0 Å². The lowest BCUT2D eigenvalue weighted by Crippen LogP contribution is -2.22. The van der Waals surface area contributed by atoms with Crippen LogP contribution in [0.2, 0.25) is 0 Å². The van der Waals surface area contributed by atoms with Gasteiger partial charge in [-0.15, -0.1) is 11.3 Å². The summed E-state index contributed by atoms with van der Waals surface area (Å²) >= 11 is 1.73. The first-order valence-corrected chi connectivity index (χ1v) is 5.24. The van der Waals surface area contributed by atoms with Crippen LogP contribution in [-0.4, -0.2) is 12.0 Å². The van der Waals surface area contributed by atoms with E-state index in [0.717, 1.165) is 0 Å². The minimum absolute atomic E-state index is 0.426. The van der Waals surface area contributed by atoms with Crippen molar-refractivity contribution in [3.05, 3.63) is 16.6 Å². The molecule has 2 nitrogen and oxygen atoms in total. The molecule has 0 aliphatic heterocycles. The molecule has 0 radical (unpaired) electrons. The predicted molar refractivity (Wildman–Crippen MR) is 53.4 cm³/mol. The number of hydrogen-bond acceptors (Lipinski definition) is 3.